The highest BCUT2D eigenvalue weighted by Crippen LogP contribution is 1.95. The summed E-state index contributed by atoms with van der Waals surface area (Å²) in [6, 6.07) is -0.504. The van der Waals surface area contributed by atoms with Crippen LogP contribution in [0.25, 0.3) is 0 Å². The van der Waals surface area contributed by atoms with E-state index in [0.717, 1.165) is 12.4 Å². The summed E-state index contributed by atoms with van der Waals surface area (Å²) < 4.78 is 39.5. The number of rotatable bonds is 3. The second-order valence-corrected chi connectivity index (χ2v) is 1.88. The lowest BCUT2D eigenvalue weighted by Gasteiger charge is -2.00. The number of aromatic nitrogens is 2. The summed E-state index contributed by atoms with van der Waals surface area (Å²) >= 11 is 0. The minimum Gasteiger partial charge on any atom is -0.464 e. The average molecular weight is 173 g/mol. The molecule has 64 valence electrons. The minimum atomic E-state index is -2.98. The van der Waals surface area contributed by atoms with Crippen molar-refractivity contribution >= 4 is 12.6 Å². The van der Waals surface area contributed by atoms with Crippen molar-refractivity contribution in [3.05, 3.63) is 12.4 Å². The summed E-state index contributed by atoms with van der Waals surface area (Å²) in [4.78, 5) is 6.91. The summed E-state index contributed by atoms with van der Waals surface area (Å²) in [6.45, 7) is -5.90. The highest BCUT2D eigenvalue weighted by molar-refractivity contribution is 6.58. The molecule has 0 aliphatic heterocycles. The first kappa shape index (κ1) is 4.20. The van der Waals surface area contributed by atoms with Crippen LogP contribution >= 0.6 is 0 Å². The molecule has 0 radical (unpaired) electrons. The molecule has 12 heavy (non-hydrogen) atoms. The summed E-state index contributed by atoms with van der Waals surface area (Å²) in [5.74, 6) is 0. The normalized spacial score (nSPS) is 18.0. The van der Waals surface area contributed by atoms with Crippen molar-refractivity contribution in [2.24, 2.45) is 0 Å². The van der Waals surface area contributed by atoms with Crippen LogP contribution in [-0.4, -0.2) is 33.7 Å². The first-order chi connectivity index (χ1) is 7.63. The molecule has 6 heteroatoms. The molecule has 0 saturated heterocycles. The molecule has 1 heterocycles. The van der Waals surface area contributed by atoms with Crippen LogP contribution in [0.15, 0.2) is 12.4 Å². The van der Waals surface area contributed by atoms with Gasteiger partial charge < -0.3 is 14.8 Å². The summed E-state index contributed by atoms with van der Waals surface area (Å²) in [6.07, 6.45) is 1.98. The molecule has 0 saturated carbocycles. The highest BCUT2D eigenvalue weighted by Gasteiger charge is 2.11. The number of ether oxygens (including phenoxy) is 1. The zero-order valence-corrected chi connectivity index (χ0v) is 5.93. The van der Waals surface area contributed by atoms with E-state index in [1.165, 1.54) is 0 Å². The second kappa shape index (κ2) is 4.03. The van der Waals surface area contributed by atoms with Crippen LogP contribution < -0.4 is 10.2 Å². The van der Waals surface area contributed by atoms with Gasteiger partial charge in [-0.3, -0.25) is 0 Å². The maximum Gasteiger partial charge on any atom is 0.491 e. The Bertz CT molecular complexity index is 382. The fraction of sp³-hybridized carbons (Fsp3) is 0.333. The monoisotopic (exact) mass is 173 g/mol. The van der Waals surface area contributed by atoms with Gasteiger partial charge in [0.1, 0.15) is 0 Å². The fourth-order valence-corrected chi connectivity index (χ4v) is 0.558. The number of hydrogen-bond donors (Lipinski definition) is 2. The Balaban J connectivity index is 2.83. The van der Waals surface area contributed by atoms with E-state index in [0.29, 0.717) is 0 Å². The molecule has 0 aromatic carbocycles. The van der Waals surface area contributed by atoms with E-state index in [4.69, 9.17) is 16.9 Å². The third-order valence-electron chi connectivity index (χ3n) is 1.09. The first-order valence-corrected chi connectivity index (χ1v) is 3.00. The predicted molar refractivity (Wildman–Crippen MR) is 43.0 cm³/mol. The van der Waals surface area contributed by atoms with Gasteiger partial charge in [-0.05, 0) is 6.85 Å². The molecule has 2 N–H and O–H groups in total. The van der Waals surface area contributed by atoms with Crippen LogP contribution in [0.4, 0.5) is 0 Å². The van der Waals surface area contributed by atoms with Gasteiger partial charge in [0.25, 0.3) is 0 Å². The molecule has 0 atom stereocenters. The SMILES string of the molecule is [2H]C([2H])([2H])C([2H])([2H])Oc1ncc(B(O)O)cn1. The van der Waals surface area contributed by atoms with Crippen molar-refractivity contribution in [1.29, 1.82) is 0 Å². The molecule has 0 spiro atoms. The summed E-state index contributed by atoms with van der Waals surface area (Å²) in [5, 5.41) is 17.5. The van der Waals surface area contributed by atoms with Crippen LogP contribution in [0.1, 0.15) is 13.7 Å². The molecule has 0 aliphatic rings. The molecule has 0 amide bonds. The number of nitrogens with zero attached hydrogens (tertiary/aromatic N) is 2. The van der Waals surface area contributed by atoms with Gasteiger partial charge in [0.05, 0.1) is 9.30 Å². The van der Waals surface area contributed by atoms with Crippen molar-refractivity contribution in [1.82, 2.24) is 9.97 Å². The zero-order chi connectivity index (χ0) is 13.3. The van der Waals surface area contributed by atoms with Gasteiger partial charge in [0.2, 0.25) is 0 Å². The predicted octanol–water partition coefficient (Wildman–Crippen LogP) is -1.44. The molecular formula is C6H9BN2O3. The van der Waals surface area contributed by atoms with Gasteiger partial charge in [-0.2, -0.15) is 0 Å². The smallest absolute Gasteiger partial charge is 0.464 e. The minimum absolute atomic E-state index is 0.0215. The topological polar surface area (TPSA) is 75.5 Å². The Morgan fingerprint density at radius 1 is 1.67 bits per heavy atom. The lowest BCUT2D eigenvalue weighted by Crippen LogP contribution is -2.30. The fourth-order valence-electron chi connectivity index (χ4n) is 0.558. The quantitative estimate of drug-likeness (QED) is 0.547. The summed E-state index contributed by atoms with van der Waals surface area (Å²) in [5.41, 5.74) is -0.0215. The highest BCUT2D eigenvalue weighted by atomic mass is 16.5. The van der Waals surface area contributed by atoms with E-state index >= 15 is 0 Å². The lowest BCUT2D eigenvalue weighted by atomic mass is 9.83. The average Bonchev–Trinajstić information content (AvgIpc) is 2.16. The van der Waals surface area contributed by atoms with Crippen molar-refractivity contribution < 1.29 is 21.6 Å². The maximum atomic E-state index is 8.75. The van der Waals surface area contributed by atoms with Crippen LogP contribution in [0, 0.1) is 0 Å². The first-order valence-electron chi connectivity index (χ1n) is 5.50. The van der Waals surface area contributed by atoms with Gasteiger partial charge in [-0.15, -0.1) is 0 Å². The van der Waals surface area contributed by atoms with E-state index in [9.17, 15) is 0 Å². The largest absolute Gasteiger partial charge is 0.491 e. The Kier molecular flexibility index (Phi) is 1.41. The molecule has 0 unspecified atom stereocenters. The van der Waals surface area contributed by atoms with Crippen molar-refractivity contribution in [2.45, 2.75) is 6.85 Å². The van der Waals surface area contributed by atoms with Crippen molar-refractivity contribution in [3.8, 4) is 6.01 Å². The second-order valence-electron chi connectivity index (χ2n) is 1.88. The number of hydrogen-bond acceptors (Lipinski definition) is 5. The Labute approximate surface area is 77.2 Å². The van der Waals surface area contributed by atoms with Crippen LogP contribution in [-0.2, 0) is 0 Å². The Morgan fingerprint density at radius 3 is 2.83 bits per heavy atom. The van der Waals surface area contributed by atoms with Crippen molar-refractivity contribution in [2.75, 3.05) is 6.56 Å². The van der Waals surface area contributed by atoms with E-state index < -0.39 is 26.5 Å². The maximum absolute atomic E-state index is 8.75. The molecule has 1 aromatic heterocycles. The zero-order valence-electron chi connectivity index (χ0n) is 10.9. The molecule has 0 fully saturated rings. The van der Waals surface area contributed by atoms with Crippen LogP contribution in [0.5, 0.6) is 6.01 Å². The van der Waals surface area contributed by atoms with Crippen LogP contribution in [0.3, 0.4) is 0 Å². The molecular weight excluding hydrogens is 159 g/mol. The van der Waals surface area contributed by atoms with Gasteiger partial charge in [-0.1, -0.05) is 0 Å². The van der Waals surface area contributed by atoms with Crippen LogP contribution in [0.2, 0.25) is 0 Å². The molecule has 5 nitrogen and oxygen atoms in total. The summed E-state index contributed by atoms with van der Waals surface area (Å²) in [7, 11) is -1.76. The third-order valence-corrected chi connectivity index (χ3v) is 1.09. The Morgan fingerprint density at radius 2 is 2.33 bits per heavy atom. The van der Waals surface area contributed by atoms with E-state index in [1.54, 1.807) is 0 Å². The lowest BCUT2D eigenvalue weighted by molar-refractivity contribution is 0.312. The molecule has 1 aromatic rings. The van der Waals surface area contributed by atoms with E-state index in [-0.39, 0.29) is 5.46 Å². The van der Waals surface area contributed by atoms with E-state index in [2.05, 4.69) is 14.7 Å². The molecule has 0 bridgehead atoms. The van der Waals surface area contributed by atoms with Gasteiger partial charge in [0, 0.05) is 22.0 Å². The van der Waals surface area contributed by atoms with Crippen molar-refractivity contribution in [3.63, 3.8) is 0 Å². The Hall–Kier alpha value is -1.14. The van der Waals surface area contributed by atoms with Gasteiger partial charge in [-0.25, -0.2) is 9.97 Å². The molecule has 1 rings (SSSR count). The standard InChI is InChI=1S/C6H9BN2O3/c1-2-12-6-8-3-5(4-9-6)7(10)11/h3-4,10-11H,2H2,1H3/i1D3,2D2. The third kappa shape index (κ3) is 2.18. The molecule has 0 aliphatic carbocycles. The van der Waals surface area contributed by atoms with E-state index in [1.807, 2.05) is 0 Å². The van der Waals surface area contributed by atoms with Gasteiger partial charge >= 0.3 is 13.1 Å². The van der Waals surface area contributed by atoms with Gasteiger partial charge in [0.15, 0.2) is 0 Å².